The van der Waals surface area contributed by atoms with Gasteiger partial charge in [0.25, 0.3) is 0 Å². The molecule has 3 aromatic heterocycles. The zero-order chi connectivity index (χ0) is 44.1. The normalized spacial score (nSPS) is 12.9. The van der Waals surface area contributed by atoms with Crippen molar-refractivity contribution in [2.75, 3.05) is 0 Å². The Morgan fingerprint density at radius 1 is 0.394 bits per heavy atom. The Kier molecular flexibility index (Phi) is 8.55. The van der Waals surface area contributed by atoms with E-state index in [1.54, 1.807) is 0 Å². The lowest BCUT2D eigenvalue weighted by atomic mass is 9.82. The Bertz CT molecular complexity index is 3940. The molecule has 6 heteroatoms. The fraction of sp³-hybridized carbons (Fsp3) is 0.0500. The van der Waals surface area contributed by atoms with Crippen LogP contribution in [-0.4, -0.2) is 19.9 Å². The maximum atomic E-state index is 6.60. The van der Waals surface area contributed by atoms with Crippen molar-refractivity contribution >= 4 is 55.3 Å². The maximum Gasteiger partial charge on any atom is 0.226 e. The Labute approximate surface area is 386 Å². The Hall–Kier alpha value is -8.12. The van der Waals surface area contributed by atoms with E-state index in [1.807, 2.05) is 36.4 Å². The fourth-order valence-corrected chi connectivity index (χ4v) is 10.4. The lowest BCUT2D eigenvalue weighted by molar-refractivity contribution is 0.660. The van der Waals surface area contributed by atoms with Crippen molar-refractivity contribution in [1.29, 1.82) is 0 Å². The van der Waals surface area contributed by atoms with E-state index in [0.29, 0.717) is 11.6 Å². The van der Waals surface area contributed by atoms with E-state index in [9.17, 15) is 0 Å². The molecule has 3 heterocycles. The smallest absolute Gasteiger partial charge is 0.226 e. The van der Waals surface area contributed by atoms with Crippen LogP contribution in [0.3, 0.4) is 0 Å². The van der Waals surface area contributed by atoms with Crippen molar-refractivity contribution in [2.45, 2.75) is 19.3 Å². The van der Waals surface area contributed by atoms with Crippen LogP contribution in [0.4, 0.5) is 0 Å². The minimum absolute atomic E-state index is 0.135. The molecule has 0 spiro atoms. The third-order valence-electron chi connectivity index (χ3n) is 13.6. The van der Waals surface area contributed by atoms with Crippen molar-refractivity contribution in [3.63, 3.8) is 0 Å². The van der Waals surface area contributed by atoms with Gasteiger partial charge in [0, 0.05) is 49.2 Å². The number of aromatic amines is 1. The average Bonchev–Trinajstić information content (AvgIpc) is 4.00. The number of halogens is 1. The Morgan fingerprint density at radius 3 is 1.70 bits per heavy atom. The number of rotatable bonds is 6. The van der Waals surface area contributed by atoms with Gasteiger partial charge < -0.3 is 9.40 Å². The summed E-state index contributed by atoms with van der Waals surface area (Å²) in [6, 6.07) is 69.2. The predicted molar refractivity (Wildman–Crippen MR) is 272 cm³/mol. The molecule has 5 nitrogen and oxygen atoms in total. The van der Waals surface area contributed by atoms with Crippen LogP contribution in [-0.2, 0) is 5.41 Å². The summed E-state index contributed by atoms with van der Waals surface area (Å²) < 4.78 is 6.17. The molecule has 0 amide bonds. The number of nitrogens with one attached hydrogen (secondary N) is 1. The summed E-state index contributed by atoms with van der Waals surface area (Å²) in [5.74, 6) is 0.997. The molecule has 13 rings (SSSR count). The Balaban J connectivity index is 0.839. The first-order chi connectivity index (χ1) is 32.3. The lowest BCUT2D eigenvalue weighted by Crippen LogP contribution is -2.14. The largest absolute Gasteiger partial charge is 0.456 e. The second-order valence-electron chi connectivity index (χ2n) is 17.8. The number of nitrogens with zero attached hydrogens (tertiary/aromatic N) is 3. The highest BCUT2D eigenvalue weighted by Crippen LogP contribution is 2.51. The number of H-pyrrole nitrogens is 1. The summed E-state index contributed by atoms with van der Waals surface area (Å²) >= 11 is 6.60. The molecule has 0 fully saturated rings. The minimum atomic E-state index is -0.152. The third-order valence-corrected chi connectivity index (χ3v) is 13.8. The molecule has 0 unspecified atom stereocenters. The van der Waals surface area contributed by atoms with Gasteiger partial charge in [-0.2, -0.15) is 9.97 Å². The van der Waals surface area contributed by atoms with Crippen LogP contribution in [0, 0.1) is 0 Å². The molecule has 0 radical (unpaired) electrons. The van der Waals surface area contributed by atoms with Gasteiger partial charge in [-0.1, -0.05) is 153 Å². The molecule has 66 heavy (non-hydrogen) atoms. The van der Waals surface area contributed by atoms with E-state index < -0.39 is 0 Å². The zero-order valence-corrected chi connectivity index (χ0v) is 36.9. The summed E-state index contributed by atoms with van der Waals surface area (Å²) in [5, 5.41) is 4.71. The van der Waals surface area contributed by atoms with Crippen LogP contribution in [0.2, 0.25) is 5.28 Å². The number of aromatic nitrogens is 4. The van der Waals surface area contributed by atoms with Gasteiger partial charge in [0.1, 0.15) is 11.2 Å². The van der Waals surface area contributed by atoms with Crippen LogP contribution in [0.25, 0.3) is 122 Å². The zero-order valence-electron chi connectivity index (χ0n) is 36.1. The number of hydrogen-bond acceptors (Lipinski definition) is 4. The number of para-hydroxylation sites is 2. The third kappa shape index (κ3) is 6.19. The molecule has 0 saturated heterocycles. The fourth-order valence-electron chi connectivity index (χ4n) is 10.3. The standard InChI is InChI=1S/C60H39ClN4O/c1-60(2)51-26-22-39(36-13-8-15-41(29-36)44-18-10-19-47-50-33-38(35-11-4-3-5-12-35)24-28-53(50)62-56(44)47)31-48(51)49-32-40(23-27-52(49)60)37-14-9-16-42(30-37)57-63-58(65-59(61)64-57)43-21-25-46-45-17-6-7-20-54(45)66-55(46)34-43/h3-34,62H,1-2H3. The minimum Gasteiger partial charge on any atom is -0.456 e. The van der Waals surface area contributed by atoms with E-state index in [2.05, 4.69) is 187 Å². The van der Waals surface area contributed by atoms with Crippen molar-refractivity contribution in [3.8, 4) is 78.4 Å². The summed E-state index contributed by atoms with van der Waals surface area (Å²) in [7, 11) is 0. The summed E-state index contributed by atoms with van der Waals surface area (Å²) in [4.78, 5) is 17.8. The van der Waals surface area contributed by atoms with Gasteiger partial charge in [0.05, 0.1) is 5.52 Å². The van der Waals surface area contributed by atoms with Gasteiger partial charge >= 0.3 is 0 Å². The van der Waals surface area contributed by atoms with E-state index >= 15 is 0 Å². The van der Waals surface area contributed by atoms with Gasteiger partial charge in [-0.15, -0.1) is 0 Å². The van der Waals surface area contributed by atoms with Gasteiger partial charge in [-0.05, 0) is 127 Å². The summed E-state index contributed by atoms with van der Waals surface area (Å²) in [5.41, 5.74) is 19.9. The van der Waals surface area contributed by atoms with E-state index in [4.69, 9.17) is 21.0 Å². The molecule has 0 bridgehead atoms. The van der Waals surface area contributed by atoms with Crippen molar-refractivity contribution < 1.29 is 4.42 Å². The molecule has 9 aromatic carbocycles. The second-order valence-corrected chi connectivity index (χ2v) is 18.2. The van der Waals surface area contributed by atoms with Gasteiger partial charge in [0.2, 0.25) is 5.28 Å². The second kappa shape index (κ2) is 14.7. The topological polar surface area (TPSA) is 67.6 Å². The first kappa shape index (κ1) is 38.3. The van der Waals surface area contributed by atoms with E-state index in [0.717, 1.165) is 55.2 Å². The van der Waals surface area contributed by atoms with Crippen molar-refractivity contribution in [1.82, 2.24) is 19.9 Å². The molecule has 1 aliphatic carbocycles. The first-order valence-electron chi connectivity index (χ1n) is 22.3. The molecule has 1 aliphatic rings. The highest BCUT2D eigenvalue weighted by Gasteiger charge is 2.35. The van der Waals surface area contributed by atoms with Gasteiger partial charge in [-0.25, -0.2) is 4.98 Å². The van der Waals surface area contributed by atoms with Crippen LogP contribution in [0.15, 0.2) is 199 Å². The summed E-state index contributed by atoms with van der Waals surface area (Å²) in [6.45, 7) is 4.66. The van der Waals surface area contributed by atoms with Crippen LogP contribution in [0.5, 0.6) is 0 Å². The molecule has 0 saturated carbocycles. The molecule has 0 aliphatic heterocycles. The highest BCUT2D eigenvalue weighted by molar-refractivity contribution is 6.28. The predicted octanol–water partition coefficient (Wildman–Crippen LogP) is 16.4. The number of hydrogen-bond donors (Lipinski definition) is 1. The van der Waals surface area contributed by atoms with Crippen LogP contribution >= 0.6 is 11.6 Å². The number of furan rings is 1. The number of fused-ring (bicyclic) bond motifs is 9. The van der Waals surface area contributed by atoms with Crippen LogP contribution in [0.1, 0.15) is 25.0 Å². The molecule has 1 N–H and O–H groups in total. The van der Waals surface area contributed by atoms with Gasteiger partial charge in [0.15, 0.2) is 11.6 Å². The molecular formula is C60H39ClN4O. The summed E-state index contributed by atoms with van der Waals surface area (Å²) in [6.07, 6.45) is 0. The van der Waals surface area contributed by atoms with Crippen molar-refractivity contribution in [2.24, 2.45) is 0 Å². The quantitative estimate of drug-likeness (QED) is 0.181. The maximum absolute atomic E-state index is 6.60. The molecule has 312 valence electrons. The SMILES string of the molecule is CC1(C)c2ccc(-c3cccc(-c4nc(Cl)nc(-c5ccc6c(c5)oc5ccccc56)n4)c3)cc2-c2cc(-c3cccc(-c4cccc5c4[nH]c4ccc(-c6ccccc6)cc45)c3)ccc21. The van der Waals surface area contributed by atoms with Crippen LogP contribution < -0.4 is 0 Å². The molecule has 12 aromatic rings. The van der Waals surface area contributed by atoms with Gasteiger partial charge in [-0.3, -0.25) is 0 Å². The van der Waals surface area contributed by atoms with E-state index in [-0.39, 0.29) is 10.7 Å². The number of benzene rings is 9. The van der Waals surface area contributed by atoms with Crippen molar-refractivity contribution in [3.05, 3.63) is 211 Å². The first-order valence-corrected chi connectivity index (χ1v) is 22.6. The average molecular weight is 867 g/mol. The highest BCUT2D eigenvalue weighted by atomic mass is 35.5. The molecular weight excluding hydrogens is 828 g/mol. The lowest BCUT2D eigenvalue weighted by Gasteiger charge is -2.21. The Morgan fingerprint density at radius 2 is 0.939 bits per heavy atom. The van der Waals surface area contributed by atoms with E-state index in [1.165, 1.54) is 66.4 Å². The molecule has 0 atom stereocenters. The monoisotopic (exact) mass is 866 g/mol.